The number of hydrogen-bond donors (Lipinski definition) is 3. The fourth-order valence-electron chi connectivity index (χ4n) is 3.09. The number of pyridine rings is 1. The second-order valence-electron chi connectivity index (χ2n) is 5.94. The predicted molar refractivity (Wildman–Crippen MR) is 97.8 cm³/mol. The van der Waals surface area contributed by atoms with Gasteiger partial charge in [-0.3, -0.25) is 10.1 Å². The number of anilines is 2. The lowest BCUT2D eigenvalue weighted by Crippen LogP contribution is -2.03. The van der Waals surface area contributed by atoms with E-state index in [0.717, 1.165) is 44.8 Å². The van der Waals surface area contributed by atoms with Crippen molar-refractivity contribution in [2.24, 2.45) is 0 Å². The van der Waals surface area contributed by atoms with Crippen molar-refractivity contribution in [1.29, 1.82) is 0 Å². The van der Waals surface area contributed by atoms with Crippen LogP contribution in [-0.2, 0) is 0 Å². The number of rotatable bonds is 3. The second-order valence-corrected chi connectivity index (χ2v) is 5.94. The third kappa shape index (κ3) is 2.27. The largest absolute Gasteiger partial charge is 0.339 e. The van der Waals surface area contributed by atoms with Crippen LogP contribution in [0.4, 0.5) is 11.5 Å². The van der Waals surface area contributed by atoms with E-state index < -0.39 is 0 Å². The molecule has 5 rings (SSSR count). The zero-order valence-electron chi connectivity index (χ0n) is 13.9. The van der Waals surface area contributed by atoms with E-state index in [0.29, 0.717) is 5.82 Å². The molecule has 4 N–H and O–H groups in total. The van der Waals surface area contributed by atoms with E-state index in [1.165, 1.54) is 0 Å². The molecule has 4 aromatic heterocycles. The maximum atomic E-state index is 4.64. The van der Waals surface area contributed by atoms with Gasteiger partial charge in [0.25, 0.3) is 0 Å². The zero-order chi connectivity index (χ0) is 17.5. The molecule has 0 amide bonds. The summed E-state index contributed by atoms with van der Waals surface area (Å²) in [7, 11) is 0. The van der Waals surface area contributed by atoms with Crippen LogP contribution in [0.15, 0.2) is 49.1 Å². The van der Waals surface area contributed by atoms with Crippen LogP contribution >= 0.6 is 0 Å². The predicted octanol–water partition coefficient (Wildman–Crippen LogP) is 2.76. The van der Waals surface area contributed by atoms with Gasteiger partial charge in [-0.15, -0.1) is 0 Å². The molecule has 8 heteroatoms. The molecule has 8 nitrogen and oxygen atoms in total. The molecule has 0 radical (unpaired) electrons. The molecule has 126 valence electrons. The maximum Gasteiger partial charge on any atom is 0.303 e. The van der Waals surface area contributed by atoms with Gasteiger partial charge in [-0.1, -0.05) is 11.1 Å². The van der Waals surface area contributed by atoms with Crippen LogP contribution in [0, 0.1) is 6.92 Å². The number of aromatic amines is 3. The minimum absolute atomic E-state index is 0.690. The Morgan fingerprint density at radius 2 is 2.08 bits per heavy atom. The molecule has 0 aliphatic carbocycles. The van der Waals surface area contributed by atoms with Crippen molar-refractivity contribution < 1.29 is 4.98 Å². The third-order valence-electron chi connectivity index (χ3n) is 4.25. The molecule has 1 aromatic carbocycles. The van der Waals surface area contributed by atoms with Crippen LogP contribution in [0.5, 0.6) is 0 Å². The fraction of sp³-hybridized carbons (Fsp3) is 0.0556. The van der Waals surface area contributed by atoms with E-state index in [4.69, 9.17) is 0 Å². The van der Waals surface area contributed by atoms with Crippen molar-refractivity contribution >= 4 is 33.6 Å². The summed E-state index contributed by atoms with van der Waals surface area (Å²) in [6, 6.07) is 9.85. The molecular weight excluding hydrogens is 328 g/mol. The van der Waals surface area contributed by atoms with Crippen molar-refractivity contribution in [3.05, 3.63) is 54.9 Å². The van der Waals surface area contributed by atoms with Crippen molar-refractivity contribution in [3.8, 4) is 11.3 Å². The quantitative estimate of drug-likeness (QED) is 0.467. The van der Waals surface area contributed by atoms with E-state index in [-0.39, 0.29) is 0 Å². The first kappa shape index (κ1) is 14.5. The third-order valence-corrected chi connectivity index (χ3v) is 4.25. The Morgan fingerprint density at radius 3 is 3.04 bits per heavy atom. The molecule has 26 heavy (non-hydrogen) atoms. The highest BCUT2D eigenvalue weighted by Crippen LogP contribution is 2.32. The van der Waals surface area contributed by atoms with E-state index in [2.05, 4.69) is 40.4 Å². The van der Waals surface area contributed by atoms with E-state index >= 15 is 0 Å². The van der Waals surface area contributed by atoms with Gasteiger partial charge in [-0.25, -0.2) is 15.0 Å². The second kappa shape index (κ2) is 5.62. The Kier molecular flexibility index (Phi) is 3.14. The molecule has 4 heterocycles. The number of hydrogen-bond acceptors (Lipinski definition) is 5. The molecule has 0 atom stereocenters. The zero-order valence-corrected chi connectivity index (χ0v) is 13.9. The summed E-state index contributed by atoms with van der Waals surface area (Å²) in [5.41, 5.74) is 5.18. The number of aryl methyl sites for hydroxylation is 1. The normalized spacial score (nSPS) is 11.3. The van der Waals surface area contributed by atoms with Crippen LogP contribution in [0.2, 0.25) is 0 Å². The van der Waals surface area contributed by atoms with Crippen LogP contribution in [-0.4, -0.2) is 30.1 Å². The Morgan fingerprint density at radius 1 is 1.12 bits per heavy atom. The highest BCUT2D eigenvalue weighted by molar-refractivity contribution is 5.95. The van der Waals surface area contributed by atoms with Crippen LogP contribution in [0.25, 0.3) is 33.3 Å². The highest BCUT2D eigenvalue weighted by atomic mass is 15.1. The van der Waals surface area contributed by atoms with Gasteiger partial charge in [-0.05, 0) is 24.3 Å². The molecule has 0 saturated heterocycles. The summed E-state index contributed by atoms with van der Waals surface area (Å²) >= 11 is 0. The highest BCUT2D eigenvalue weighted by Gasteiger charge is 2.19. The average molecular weight is 343 g/mol. The van der Waals surface area contributed by atoms with Crippen molar-refractivity contribution in [1.82, 2.24) is 30.1 Å². The Bertz CT molecular complexity index is 1240. The van der Waals surface area contributed by atoms with Gasteiger partial charge in [-0.2, -0.15) is 5.10 Å². The van der Waals surface area contributed by atoms with Gasteiger partial charge >= 0.3 is 5.65 Å². The van der Waals surface area contributed by atoms with Gasteiger partial charge in [0.15, 0.2) is 11.8 Å². The van der Waals surface area contributed by atoms with Gasteiger partial charge < -0.3 is 5.32 Å². The summed E-state index contributed by atoms with van der Waals surface area (Å²) < 4.78 is 0. The van der Waals surface area contributed by atoms with E-state index in [1.54, 1.807) is 18.7 Å². The average Bonchev–Trinajstić information content (AvgIpc) is 3.31. The number of nitrogens with one attached hydrogen (secondary N) is 4. The summed E-state index contributed by atoms with van der Waals surface area (Å²) in [4.78, 5) is 19.9. The molecule has 0 aliphatic rings. The minimum Gasteiger partial charge on any atom is -0.339 e. The SMILES string of the molecule is Cc1nc(-c2cccnc2Nc2cccc3[nH]ncc23)c2[nH]c[nH+]c2n1. The molecule has 0 spiro atoms. The van der Waals surface area contributed by atoms with Crippen molar-refractivity contribution in [2.45, 2.75) is 6.92 Å². The maximum absolute atomic E-state index is 4.64. The Balaban J connectivity index is 1.68. The van der Waals surface area contributed by atoms with Crippen LogP contribution < -0.4 is 10.3 Å². The first-order valence-electron chi connectivity index (χ1n) is 8.17. The standard InChI is InChI=1S/C18H14N8/c1-10-23-15(16-18(24-10)21-9-20-16)11-4-3-7-19-17(11)25-13-5-2-6-14-12(13)8-22-26-14/h2-9H,1H3,(H,19,25)(H,22,26)(H,20,21,23,24)/p+1. The monoisotopic (exact) mass is 343 g/mol. The molecule has 0 aliphatic heterocycles. The van der Waals surface area contributed by atoms with Gasteiger partial charge in [0.2, 0.25) is 5.82 Å². The van der Waals surface area contributed by atoms with Gasteiger partial charge in [0.05, 0.1) is 17.4 Å². The molecule has 0 fully saturated rings. The summed E-state index contributed by atoms with van der Waals surface area (Å²) in [6.07, 6.45) is 5.30. The number of H-pyrrole nitrogens is 3. The molecular formula is C18H15N8+. The summed E-state index contributed by atoms with van der Waals surface area (Å²) in [5.74, 6) is 1.41. The van der Waals surface area contributed by atoms with Crippen LogP contribution in [0.3, 0.4) is 0 Å². The number of fused-ring (bicyclic) bond motifs is 2. The lowest BCUT2D eigenvalue weighted by atomic mass is 10.1. The number of aromatic nitrogens is 7. The number of nitrogens with zero attached hydrogens (tertiary/aromatic N) is 4. The van der Waals surface area contributed by atoms with Crippen molar-refractivity contribution in [2.75, 3.05) is 5.32 Å². The fourth-order valence-corrected chi connectivity index (χ4v) is 3.09. The van der Waals surface area contributed by atoms with Gasteiger partial charge in [0, 0.05) is 24.1 Å². The van der Waals surface area contributed by atoms with Crippen LogP contribution in [0.1, 0.15) is 5.82 Å². The first-order valence-corrected chi connectivity index (χ1v) is 8.17. The lowest BCUT2D eigenvalue weighted by molar-refractivity contribution is -0.347. The van der Waals surface area contributed by atoms with Crippen molar-refractivity contribution in [3.63, 3.8) is 0 Å². The topological polar surface area (TPSA) is 109 Å². The Labute approximate surface area is 147 Å². The molecule has 0 saturated carbocycles. The smallest absolute Gasteiger partial charge is 0.303 e. The lowest BCUT2D eigenvalue weighted by Gasteiger charge is -2.11. The van der Waals surface area contributed by atoms with E-state index in [1.807, 2.05) is 37.3 Å². The van der Waals surface area contributed by atoms with E-state index in [9.17, 15) is 0 Å². The number of imidazole rings is 1. The molecule has 0 unspecified atom stereocenters. The molecule has 5 aromatic rings. The number of benzene rings is 1. The summed E-state index contributed by atoms with van der Waals surface area (Å²) in [5, 5.41) is 11.5. The Hall–Kier alpha value is -3.81. The first-order chi connectivity index (χ1) is 12.8. The molecule has 0 bridgehead atoms. The summed E-state index contributed by atoms with van der Waals surface area (Å²) in [6.45, 7) is 1.87. The minimum atomic E-state index is 0.690. The van der Waals surface area contributed by atoms with Gasteiger partial charge in [0.1, 0.15) is 11.5 Å².